The van der Waals surface area contributed by atoms with Gasteiger partial charge >= 0.3 is 0 Å². The fraction of sp³-hybridized carbons (Fsp3) is 0.118. The molecule has 0 atom stereocenters. The van der Waals surface area contributed by atoms with Crippen molar-refractivity contribution >= 4 is 33.3 Å². The molecule has 0 aliphatic heterocycles. The number of hydrogen-bond acceptors (Lipinski definition) is 2. The van der Waals surface area contributed by atoms with Crippen molar-refractivity contribution in [1.82, 2.24) is 0 Å². The molecule has 1 heterocycles. The topological polar surface area (TPSA) is 12.4 Å². The third-order valence-electron chi connectivity index (χ3n) is 3.28. The molecule has 0 bridgehead atoms. The molecule has 3 aromatic rings. The van der Waals surface area contributed by atoms with Crippen LogP contribution in [0.15, 0.2) is 52.8 Å². The van der Waals surface area contributed by atoms with Gasteiger partial charge in [0.05, 0.1) is 5.69 Å². The molecule has 0 N–H and O–H groups in total. The van der Waals surface area contributed by atoms with E-state index in [1.54, 1.807) is 11.3 Å². The molecule has 0 spiro atoms. The van der Waals surface area contributed by atoms with Crippen molar-refractivity contribution in [2.24, 2.45) is 4.99 Å². The molecule has 0 radical (unpaired) electrons. The maximum Gasteiger partial charge on any atom is 0.0688 e. The molecule has 0 aliphatic carbocycles. The first-order valence-electron chi connectivity index (χ1n) is 6.32. The van der Waals surface area contributed by atoms with Crippen LogP contribution in [-0.2, 0) is 0 Å². The summed E-state index contributed by atoms with van der Waals surface area (Å²) in [7, 11) is 0. The van der Waals surface area contributed by atoms with Gasteiger partial charge in [-0.2, -0.15) is 0 Å². The highest BCUT2D eigenvalue weighted by Gasteiger charge is 2.02. The van der Waals surface area contributed by atoms with Crippen LogP contribution >= 0.6 is 11.3 Å². The van der Waals surface area contributed by atoms with Gasteiger partial charge in [-0.25, -0.2) is 0 Å². The predicted octanol–water partition coefficient (Wildman–Crippen LogP) is 5.27. The standard InChI is InChI=1S/C17H15NS/c1-12-6-5-7-13(2)17(12)18-10-14-11-19-16-9-4-3-8-15(14)16/h3-11H,1-2H3. The van der Waals surface area contributed by atoms with E-state index in [1.807, 2.05) is 6.21 Å². The Bertz CT molecular complexity index is 733. The van der Waals surface area contributed by atoms with E-state index in [9.17, 15) is 0 Å². The minimum atomic E-state index is 1.08. The number of rotatable bonds is 2. The van der Waals surface area contributed by atoms with Crippen LogP contribution in [0.1, 0.15) is 16.7 Å². The van der Waals surface area contributed by atoms with Crippen molar-refractivity contribution in [3.05, 3.63) is 64.5 Å². The van der Waals surface area contributed by atoms with Crippen molar-refractivity contribution in [2.45, 2.75) is 13.8 Å². The third-order valence-corrected chi connectivity index (χ3v) is 4.26. The van der Waals surface area contributed by atoms with Crippen molar-refractivity contribution < 1.29 is 0 Å². The molecule has 94 valence electrons. The number of aryl methyl sites for hydroxylation is 2. The molecular weight excluding hydrogens is 250 g/mol. The first-order valence-corrected chi connectivity index (χ1v) is 7.20. The fourth-order valence-electron chi connectivity index (χ4n) is 2.24. The third kappa shape index (κ3) is 2.32. The van der Waals surface area contributed by atoms with E-state index in [0.717, 1.165) is 5.69 Å². The predicted molar refractivity (Wildman–Crippen MR) is 85.0 cm³/mol. The van der Waals surface area contributed by atoms with Gasteiger partial charge in [0.1, 0.15) is 0 Å². The Hall–Kier alpha value is -1.93. The van der Waals surface area contributed by atoms with Crippen molar-refractivity contribution in [3.63, 3.8) is 0 Å². The number of para-hydroxylation sites is 1. The minimum absolute atomic E-state index is 1.08. The van der Waals surface area contributed by atoms with Crippen LogP contribution < -0.4 is 0 Å². The monoisotopic (exact) mass is 265 g/mol. The first kappa shape index (κ1) is 12.1. The normalized spacial score (nSPS) is 11.5. The lowest BCUT2D eigenvalue weighted by molar-refractivity contribution is 1.33. The van der Waals surface area contributed by atoms with E-state index in [2.05, 4.69) is 66.7 Å². The van der Waals surface area contributed by atoms with Crippen LogP contribution in [-0.4, -0.2) is 6.21 Å². The molecule has 2 heteroatoms. The summed E-state index contributed by atoms with van der Waals surface area (Å²) in [6.07, 6.45) is 1.98. The lowest BCUT2D eigenvalue weighted by atomic mass is 10.1. The molecule has 3 rings (SSSR count). The molecule has 0 aliphatic rings. The smallest absolute Gasteiger partial charge is 0.0688 e. The number of thiophene rings is 1. The van der Waals surface area contributed by atoms with E-state index in [4.69, 9.17) is 0 Å². The Morgan fingerprint density at radius 2 is 1.68 bits per heavy atom. The van der Waals surface area contributed by atoms with Crippen molar-refractivity contribution in [2.75, 3.05) is 0 Å². The van der Waals surface area contributed by atoms with Crippen LogP contribution in [0.4, 0.5) is 5.69 Å². The van der Waals surface area contributed by atoms with Crippen LogP contribution in [0.25, 0.3) is 10.1 Å². The van der Waals surface area contributed by atoms with E-state index in [0.29, 0.717) is 0 Å². The lowest BCUT2D eigenvalue weighted by Crippen LogP contribution is -1.82. The second kappa shape index (κ2) is 4.98. The molecule has 2 aromatic carbocycles. The van der Waals surface area contributed by atoms with E-state index >= 15 is 0 Å². The Labute approximate surface area is 117 Å². The minimum Gasteiger partial charge on any atom is -0.256 e. The van der Waals surface area contributed by atoms with Crippen LogP contribution in [0.3, 0.4) is 0 Å². The maximum absolute atomic E-state index is 4.68. The summed E-state index contributed by atoms with van der Waals surface area (Å²) in [6.45, 7) is 4.21. The highest BCUT2D eigenvalue weighted by atomic mass is 32.1. The maximum atomic E-state index is 4.68. The number of aliphatic imine (C=N–C) groups is 1. The Morgan fingerprint density at radius 1 is 0.947 bits per heavy atom. The molecular formula is C17H15NS. The molecule has 0 saturated carbocycles. The number of hydrogen-bond donors (Lipinski definition) is 0. The molecule has 1 aromatic heterocycles. The van der Waals surface area contributed by atoms with Gasteiger partial charge in [-0.3, -0.25) is 4.99 Å². The molecule has 19 heavy (non-hydrogen) atoms. The van der Waals surface area contributed by atoms with Crippen molar-refractivity contribution in [3.8, 4) is 0 Å². The van der Waals surface area contributed by atoms with Gasteiger partial charge in [0, 0.05) is 27.2 Å². The van der Waals surface area contributed by atoms with Crippen LogP contribution in [0.2, 0.25) is 0 Å². The van der Waals surface area contributed by atoms with Gasteiger partial charge in [0.15, 0.2) is 0 Å². The number of nitrogens with zero attached hydrogens (tertiary/aromatic N) is 1. The van der Waals surface area contributed by atoms with Gasteiger partial charge in [0.2, 0.25) is 0 Å². The number of fused-ring (bicyclic) bond motifs is 1. The average Bonchev–Trinajstić information content (AvgIpc) is 2.82. The summed E-state index contributed by atoms with van der Waals surface area (Å²) >= 11 is 1.77. The summed E-state index contributed by atoms with van der Waals surface area (Å²) < 4.78 is 1.31. The first-order chi connectivity index (χ1) is 9.25. The SMILES string of the molecule is Cc1cccc(C)c1N=Cc1csc2ccccc12. The summed E-state index contributed by atoms with van der Waals surface area (Å²) in [6, 6.07) is 14.7. The van der Waals surface area contributed by atoms with Gasteiger partial charge in [0.25, 0.3) is 0 Å². The summed E-state index contributed by atoms with van der Waals surface area (Å²) in [5.41, 5.74) is 4.72. The second-order valence-corrected chi connectivity index (χ2v) is 5.60. The average molecular weight is 265 g/mol. The Morgan fingerprint density at radius 3 is 2.47 bits per heavy atom. The zero-order chi connectivity index (χ0) is 13.2. The quantitative estimate of drug-likeness (QED) is 0.560. The van der Waals surface area contributed by atoms with Gasteiger partial charge < -0.3 is 0 Å². The van der Waals surface area contributed by atoms with Gasteiger partial charge in [-0.05, 0) is 31.0 Å². The van der Waals surface area contributed by atoms with E-state index in [-0.39, 0.29) is 0 Å². The van der Waals surface area contributed by atoms with Crippen LogP contribution in [0, 0.1) is 13.8 Å². The number of benzene rings is 2. The zero-order valence-corrected chi connectivity index (χ0v) is 11.9. The van der Waals surface area contributed by atoms with Gasteiger partial charge in [-0.15, -0.1) is 11.3 Å². The molecule has 1 nitrogen and oxygen atoms in total. The lowest BCUT2D eigenvalue weighted by Gasteiger charge is -2.03. The summed E-state index contributed by atoms with van der Waals surface area (Å²) in [5.74, 6) is 0. The molecule has 0 saturated heterocycles. The zero-order valence-electron chi connectivity index (χ0n) is 11.1. The van der Waals surface area contributed by atoms with Crippen LogP contribution in [0.5, 0.6) is 0 Å². The molecule has 0 amide bonds. The highest BCUT2D eigenvalue weighted by Crippen LogP contribution is 2.26. The fourth-order valence-corrected chi connectivity index (χ4v) is 3.15. The molecule has 0 unspecified atom stereocenters. The second-order valence-electron chi connectivity index (χ2n) is 4.69. The molecule has 0 fully saturated rings. The van der Waals surface area contributed by atoms with Gasteiger partial charge in [-0.1, -0.05) is 36.4 Å². The summed E-state index contributed by atoms with van der Waals surface area (Å²) in [5, 5.41) is 3.45. The highest BCUT2D eigenvalue weighted by molar-refractivity contribution is 7.17. The summed E-state index contributed by atoms with van der Waals surface area (Å²) in [4.78, 5) is 4.68. The van der Waals surface area contributed by atoms with Crippen molar-refractivity contribution in [1.29, 1.82) is 0 Å². The largest absolute Gasteiger partial charge is 0.256 e. The van der Waals surface area contributed by atoms with E-state index < -0.39 is 0 Å². The Kier molecular flexibility index (Phi) is 3.18. The van der Waals surface area contributed by atoms with E-state index in [1.165, 1.54) is 26.8 Å². The Balaban J connectivity index is 2.03.